The van der Waals surface area contributed by atoms with Crippen molar-refractivity contribution in [2.75, 3.05) is 13.2 Å². The third-order valence-electron chi connectivity index (χ3n) is 18.8. The highest BCUT2D eigenvalue weighted by Crippen LogP contribution is 2.76. The van der Waals surface area contributed by atoms with Gasteiger partial charge in [-0.3, -0.25) is 9.59 Å². The van der Waals surface area contributed by atoms with E-state index in [1.165, 1.54) is 0 Å². The Morgan fingerprint density at radius 2 is 1.13 bits per heavy atom. The zero-order valence-electron chi connectivity index (χ0n) is 40.2. The van der Waals surface area contributed by atoms with Crippen LogP contribution in [0.4, 0.5) is 0 Å². The van der Waals surface area contributed by atoms with E-state index < -0.39 is 148 Å². The summed E-state index contributed by atoms with van der Waals surface area (Å²) in [6.07, 6.45) is -7.74. The maximum absolute atomic E-state index is 13.2. The first-order chi connectivity index (χ1) is 31.6. The molecule has 4 saturated carbocycles. The largest absolute Gasteiger partial charge is 0.459 e. The normalized spacial score (nSPS) is 52.5. The van der Waals surface area contributed by atoms with Crippen molar-refractivity contribution in [2.24, 2.45) is 74.9 Å². The van der Waals surface area contributed by atoms with E-state index in [1.54, 1.807) is 32.9 Å². The van der Waals surface area contributed by atoms with Gasteiger partial charge in [-0.05, 0) is 61.9 Å². The van der Waals surface area contributed by atoms with Gasteiger partial charge < -0.3 is 69.3 Å². The number of carbonyl (C=O) groups excluding carboxylic acids is 4. The van der Waals surface area contributed by atoms with E-state index in [-0.39, 0.29) is 55.3 Å². The molecule has 18 heteroatoms. The van der Waals surface area contributed by atoms with E-state index in [2.05, 4.69) is 6.58 Å². The Labute approximate surface area is 395 Å². The number of aliphatic hydroxyl groups excluding tert-OH is 6. The second-order valence-corrected chi connectivity index (χ2v) is 23.3. The highest BCUT2D eigenvalue weighted by Gasteiger charge is 2.85. The van der Waals surface area contributed by atoms with E-state index in [1.807, 2.05) is 41.5 Å². The Balaban J connectivity index is 0.000000170. The van der Waals surface area contributed by atoms with E-state index in [4.69, 9.17) is 28.4 Å². The lowest BCUT2D eigenvalue weighted by molar-refractivity contribution is -0.345. The molecule has 8 N–H and O–H groups in total. The summed E-state index contributed by atoms with van der Waals surface area (Å²) >= 11 is 0. The Kier molecular flexibility index (Phi) is 11.8. The van der Waals surface area contributed by atoms with E-state index in [9.17, 15) is 60.0 Å². The standard InChI is InChI=1S/C25H36O9.C25H34O9/c2*1-10(2)6-16(27)34-18-17-12(4)19(28)25(31)22-23(5)13(11(3)7-14(26)20(23)29)8-15(33-21(18)30)24(17,22)9-32-25/h7,10,12-15,17-20,22,26,28-29,31H,6,8-9H2,1-5H3;7,10,13-15,17-20,22,26,28-29,31H,4,6,8-9H2,1-3,5H3. The lowest BCUT2D eigenvalue weighted by Crippen LogP contribution is -2.78. The smallest absolute Gasteiger partial charge is 0.348 e. The summed E-state index contributed by atoms with van der Waals surface area (Å²) in [5, 5.41) is 90.1. The lowest BCUT2D eigenvalue weighted by Gasteiger charge is -2.68. The van der Waals surface area contributed by atoms with Gasteiger partial charge >= 0.3 is 23.9 Å². The number of allylic oxidation sites excluding steroid dienone is 2. The molecule has 0 aromatic carbocycles. The predicted octanol–water partition coefficient (Wildman–Crippen LogP) is 0.972. The van der Waals surface area contributed by atoms with Crippen molar-refractivity contribution in [1.82, 2.24) is 0 Å². The first kappa shape index (κ1) is 49.7. The molecule has 2 spiro atoms. The quantitative estimate of drug-likeness (QED) is 0.105. The molecule has 23 unspecified atom stereocenters. The van der Waals surface area contributed by atoms with Crippen LogP contribution in [0.25, 0.3) is 0 Å². The van der Waals surface area contributed by atoms with Crippen LogP contribution in [0.3, 0.4) is 0 Å². The summed E-state index contributed by atoms with van der Waals surface area (Å²) < 4.78 is 35.1. The molecule has 8 fully saturated rings. The minimum Gasteiger partial charge on any atom is -0.459 e. The first-order valence-electron chi connectivity index (χ1n) is 24.3. The summed E-state index contributed by atoms with van der Waals surface area (Å²) in [6, 6.07) is 0. The zero-order chi connectivity index (χ0) is 49.9. The van der Waals surface area contributed by atoms with Gasteiger partial charge in [-0.2, -0.15) is 0 Å². The molecule has 68 heavy (non-hydrogen) atoms. The zero-order valence-corrected chi connectivity index (χ0v) is 40.2. The highest BCUT2D eigenvalue weighted by atomic mass is 16.7. The van der Waals surface area contributed by atoms with Gasteiger partial charge in [0.25, 0.3) is 0 Å². The van der Waals surface area contributed by atoms with Gasteiger partial charge in [-0.15, -0.1) is 0 Å². The Morgan fingerprint density at radius 3 is 1.63 bits per heavy atom. The molecular weight excluding hydrogens is 889 g/mol. The number of esters is 4. The van der Waals surface area contributed by atoms with Crippen molar-refractivity contribution >= 4 is 23.9 Å². The van der Waals surface area contributed by atoms with Crippen LogP contribution < -0.4 is 0 Å². The molecule has 23 atom stereocenters. The van der Waals surface area contributed by atoms with Crippen molar-refractivity contribution in [3.63, 3.8) is 0 Å². The molecule has 4 bridgehead atoms. The van der Waals surface area contributed by atoms with Crippen LogP contribution in [0.1, 0.15) is 88.0 Å². The Morgan fingerprint density at radius 1 is 0.706 bits per heavy atom. The van der Waals surface area contributed by atoms with Gasteiger partial charge in [-0.1, -0.05) is 78.3 Å². The summed E-state index contributed by atoms with van der Waals surface area (Å²) in [5.74, 6) is -11.3. The molecular formula is C50H70O18. The lowest BCUT2D eigenvalue weighted by atomic mass is 9.38. The summed E-state index contributed by atoms with van der Waals surface area (Å²) in [5.41, 5.74) is -2.56. The maximum atomic E-state index is 13.2. The van der Waals surface area contributed by atoms with Crippen molar-refractivity contribution < 1.29 is 88.5 Å². The fourth-order valence-corrected chi connectivity index (χ4v) is 16.4. The highest BCUT2D eigenvalue weighted by molar-refractivity contribution is 5.82. The van der Waals surface area contributed by atoms with Gasteiger partial charge in [-0.25, -0.2) is 9.59 Å². The third-order valence-corrected chi connectivity index (χ3v) is 18.8. The molecule has 378 valence electrons. The number of hydrogen-bond acceptors (Lipinski definition) is 18. The number of hydrogen-bond donors (Lipinski definition) is 8. The van der Waals surface area contributed by atoms with Crippen LogP contribution in [0.5, 0.6) is 0 Å². The Bertz CT molecular complexity index is 2210. The number of fused-ring (bicyclic) bond motifs is 2. The molecule has 10 rings (SSSR count). The molecule has 4 saturated heterocycles. The van der Waals surface area contributed by atoms with Crippen LogP contribution in [0, 0.1) is 74.9 Å². The molecule has 0 aromatic heterocycles. The fourth-order valence-electron chi connectivity index (χ4n) is 16.4. The minimum absolute atomic E-state index is 0.00816. The van der Waals surface area contributed by atoms with Crippen LogP contribution >= 0.6 is 0 Å². The minimum atomic E-state index is -2.12. The molecule has 18 nitrogen and oxygen atoms in total. The molecule has 4 heterocycles. The molecule has 6 aliphatic carbocycles. The van der Waals surface area contributed by atoms with E-state index in [0.29, 0.717) is 12.8 Å². The van der Waals surface area contributed by atoms with Gasteiger partial charge in [0.15, 0.2) is 11.6 Å². The van der Waals surface area contributed by atoms with Gasteiger partial charge in [0.1, 0.15) is 24.4 Å². The maximum Gasteiger partial charge on any atom is 0.348 e. The molecule has 0 amide bonds. The number of aliphatic hydroxyl groups is 8. The third kappa shape index (κ3) is 6.30. The fraction of sp³-hybridized carbons (Fsp3) is 0.800. The molecule has 10 aliphatic rings. The summed E-state index contributed by atoms with van der Waals surface area (Å²) in [7, 11) is 0. The molecule has 0 aromatic rings. The monoisotopic (exact) mass is 958 g/mol. The van der Waals surface area contributed by atoms with Crippen molar-refractivity contribution in [3.05, 3.63) is 35.5 Å². The summed E-state index contributed by atoms with van der Waals surface area (Å²) in [4.78, 5) is 51.6. The average Bonchev–Trinajstić information content (AvgIpc) is 3.70. The molecule has 0 radical (unpaired) electrons. The number of carbonyl (C=O) groups is 4. The van der Waals surface area contributed by atoms with Crippen LogP contribution in [-0.2, 0) is 47.6 Å². The van der Waals surface area contributed by atoms with Crippen LogP contribution in [0.2, 0.25) is 0 Å². The van der Waals surface area contributed by atoms with Gasteiger partial charge in [0, 0.05) is 52.8 Å². The van der Waals surface area contributed by atoms with E-state index >= 15 is 0 Å². The Hall–Kier alpha value is -3.30. The number of ether oxygens (including phenoxy) is 6. The van der Waals surface area contributed by atoms with Crippen molar-refractivity contribution in [1.29, 1.82) is 0 Å². The van der Waals surface area contributed by atoms with Gasteiger partial charge in [0.2, 0.25) is 12.2 Å². The molecule has 4 aliphatic heterocycles. The predicted molar refractivity (Wildman–Crippen MR) is 233 cm³/mol. The van der Waals surface area contributed by atoms with Crippen molar-refractivity contribution in [3.8, 4) is 0 Å². The topological polar surface area (TPSA) is 286 Å². The summed E-state index contributed by atoms with van der Waals surface area (Å²) in [6.45, 7) is 20.3. The van der Waals surface area contributed by atoms with Crippen LogP contribution in [-0.4, -0.2) is 151 Å². The second kappa shape index (κ2) is 16.1. The first-order valence-corrected chi connectivity index (χ1v) is 24.3. The van der Waals surface area contributed by atoms with Crippen molar-refractivity contribution in [2.45, 2.75) is 161 Å². The average molecular weight is 959 g/mol. The second-order valence-electron chi connectivity index (χ2n) is 23.3. The van der Waals surface area contributed by atoms with Gasteiger partial charge in [0.05, 0.1) is 43.0 Å². The SMILES string of the molecule is C=C1C(O)C2(O)OCC34C(CC5C(C)=CC(O)C(O)C5(C)C23)OC(=O)C(OC(=O)CC(C)C)C14.CC1=CC(O)C(O)C2(C)C1CC1OC(=O)C(OC(=O)CC(C)C)C3C(C)C(O)C4(O)OCC13C42. The van der Waals surface area contributed by atoms with E-state index in [0.717, 1.165) is 11.1 Å². The van der Waals surface area contributed by atoms with Crippen LogP contribution in [0.15, 0.2) is 35.5 Å². The number of rotatable bonds is 6.